The summed E-state index contributed by atoms with van der Waals surface area (Å²) in [6.45, 7) is 6.33. The number of rotatable bonds is 29. The Bertz CT molecular complexity index is 771. The number of allylic oxidation sites excluding steroid dienone is 5. The van der Waals surface area contributed by atoms with Gasteiger partial charge in [-0.15, -0.1) is 0 Å². The van der Waals surface area contributed by atoms with Crippen molar-refractivity contribution in [3.8, 4) is 0 Å². The first-order valence-corrected chi connectivity index (χ1v) is 17.5. The Morgan fingerprint density at radius 2 is 1.37 bits per heavy atom. The minimum absolute atomic E-state index is 0.0970. The van der Waals surface area contributed by atoms with E-state index in [1.54, 1.807) is 0 Å². The number of aliphatic hydroxyl groups excluding tert-OH is 1. The highest BCUT2D eigenvalue weighted by atomic mass is 16.6. The smallest absolute Gasteiger partial charge is 0.306 e. The molecule has 43 heavy (non-hydrogen) atoms. The van der Waals surface area contributed by atoms with Crippen molar-refractivity contribution in [2.75, 3.05) is 13.2 Å². The molecule has 0 spiro atoms. The maximum absolute atomic E-state index is 12.1. The molecular weight excluding hydrogens is 540 g/mol. The Labute approximate surface area is 263 Å². The molecule has 1 heterocycles. The van der Waals surface area contributed by atoms with E-state index in [9.17, 15) is 14.7 Å². The van der Waals surface area contributed by atoms with Gasteiger partial charge in [0.2, 0.25) is 0 Å². The first-order chi connectivity index (χ1) is 21.0. The van der Waals surface area contributed by atoms with E-state index in [2.05, 4.69) is 57.2 Å². The predicted octanol–water partition coefficient (Wildman–Crippen LogP) is 9.35. The van der Waals surface area contributed by atoms with Crippen LogP contribution in [-0.2, 0) is 23.8 Å². The van der Waals surface area contributed by atoms with E-state index in [0.29, 0.717) is 31.5 Å². The van der Waals surface area contributed by atoms with Crippen molar-refractivity contribution in [1.82, 2.24) is 0 Å². The molecule has 0 radical (unpaired) electrons. The summed E-state index contributed by atoms with van der Waals surface area (Å²) in [4.78, 5) is 24.1. The lowest BCUT2D eigenvalue weighted by atomic mass is 10.0. The number of unbranched alkanes of at least 4 members (excludes halogenated alkanes) is 10. The molecule has 0 amide bonds. The van der Waals surface area contributed by atoms with Gasteiger partial charge in [0.1, 0.15) is 6.61 Å². The molecule has 1 aliphatic heterocycles. The van der Waals surface area contributed by atoms with Crippen LogP contribution in [0.3, 0.4) is 0 Å². The second-order valence-corrected chi connectivity index (χ2v) is 12.5. The Kier molecular flexibility index (Phi) is 25.1. The summed E-state index contributed by atoms with van der Waals surface area (Å²) in [6, 6.07) is 0. The molecule has 0 aliphatic carbocycles. The molecule has 6 heteroatoms. The SMILES string of the molecule is CCCCCC1OC1C/C=C\C/C=C\C/C=C\CCCC(=O)OC[C@H](CO)OC(=O)CCCCCCCCCCC(C)C. The molecule has 0 bridgehead atoms. The standard InChI is InChI=1S/C37H64O6/c1-4-5-20-26-34-35(43-34)27-22-17-13-8-6-7-9-14-18-23-28-36(39)41-31-33(30-38)42-37(40)29-24-19-15-11-10-12-16-21-25-32(2)3/h6,8-9,14,17,22,32-35,38H,4-5,7,10-13,15-16,18-21,23-31H2,1-3H3/b8-6-,14-9-,22-17-/t33-,34?,35?/m0/s1. The zero-order chi connectivity index (χ0) is 31.4. The molecule has 6 nitrogen and oxygen atoms in total. The highest BCUT2D eigenvalue weighted by Gasteiger charge is 2.36. The maximum Gasteiger partial charge on any atom is 0.306 e. The van der Waals surface area contributed by atoms with E-state index in [0.717, 1.165) is 50.9 Å². The number of hydrogen-bond acceptors (Lipinski definition) is 6. The van der Waals surface area contributed by atoms with Gasteiger partial charge in [0.05, 0.1) is 18.8 Å². The lowest BCUT2D eigenvalue weighted by Gasteiger charge is -2.15. The van der Waals surface area contributed by atoms with E-state index in [1.807, 2.05) is 0 Å². The van der Waals surface area contributed by atoms with Gasteiger partial charge in [-0.2, -0.15) is 0 Å². The maximum atomic E-state index is 12.1. The number of hydrogen-bond donors (Lipinski definition) is 1. The third-order valence-electron chi connectivity index (χ3n) is 7.79. The lowest BCUT2D eigenvalue weighted by Crippen LogP contribution is -2.28. The number of carbonyl (C=O) groups is 2. The van der Waals surface area contributed by atoms with Crippen molar-refractivity contribution in [2.24, 2.45) is 5.92 Å². The molecule has 1 aliphatic rings. The third kappa shape index (κ3) is 25.1. The molecule has 0 aromatic heterocycles. The molecule has 0 aromatic carbocycles. The molecular formula is C37H64O6. The molecule has 1 saturated heterocycles. The molecule has 1 N–H and O–H groups in total. The topological polar surface area (TPSA) is 85.4 Å². The summed E-state index contributed by atoms with van der Waals surface area (Å²) in [5.41, 5.74) is 0. The fourth-order valence-electron chi connectivity index (χ4n) is 5.00. The van der Waals surface area contributed by atoms with Crippen LogP contribution < -0.4 is 0 Å². The van der Waals surface area contributed by atoms with Gasteiger partial charge in [-0.25, -0.2) is 0 Å². The predicted molar refractivity (Wildman–Crippen MR) is 177 cm³/mol. The number of esters is 2. The van der Waals surface area contributed by atoms with Gasteiger partial charge in [-0.3, -0.25) is 9.59 Å². The summed E-state index contributed by atoms with van der Waals surface area (Å²) < 4.78 is 16.2. The van der Waals surface area contributed by atoms with Crippen LogP contribution in [0.25, 0.3) is 0 Å². The van der Waals surface area contributed by atoms with Crippen molar-refractivity contribution in [2.45, 2.75) is 167 Å². The van der Waals surface area contributed by atoms with Crippen molar-refractivity contribution >= 4 is 11.9 Å². The van der Waals surface area contributed by atoms with Gasteiger partial charge < -0.3 is 19.3 Å². The normalized spacial score (nSPS) is 17.4. The summed E-state index contributed by atoms with van der Waals surface area (Å²) in [6.07, 6.45) is 33.9. The van der Waals surface area contributed by atoms with E-state index in [-0.39, 0.29) is 25.2 Å². The van der Waals surface area contributed by atoms with Gasteiger partial charge in [-0.05, 0) is 50.9 Å². The highest BCUT2D eigenvalue weighted by molar-refractivity contribution is 5.70. The van der Waals surface area contributed by atoms with Crippen LogP contribution in [0.4, 0.5) is 0 Å². The largest absolute Gasteiger partial charge is 0.462 e. The molecule has 1 fully saturated rings. The van der Waals surface area contributed by atoms with Crippen molar-refractivity contribution in [3.05, 3.63) is 36.5 Å². The fraction of sp³-hybridized carbons (Fsp3) is 0.784. The minimum atomic E-state index is -0.793. The fourth-order valence-corrected chi connectivity index (χ4v) is 5.00. The van der Waals surface area contributed by atoms with Crippen molar-refractivity contribution in [1.29, 1.82) is 0 Å². The zero-order valence-corrected chi connectivity index (χ0v) is 27.8. The summed E-state index contributed by atoms with van der Waals surface area (Å²) in [7, 11) is 0. The second kappa shape index (κ2) is 27.6. The Hall–Kier alpha value is -1.92. The molecule has 0 aromatic rings. The third-order valence-corrected chi connectivity index (χ3v) is 7.79. The number of ether oxygens (including phenoxy) is 3. The molecule has 1 rings (SSSR count). The molecule has 248 valence electrons. The number of carbonyl (C=O) groups excluding carboxylic acids is 2. The average Bonchev–Trinajstić information content (AvgIpc) is 3.74. The highest BCUT2D eigenvalue weighted by Crippen LogP contribution is 2.30. The summed E-state index contributed by atoms with van der Waals surface area (Å²) >= 11 is 0. The lowest BCUT2D eigenvalue weighted by molar-refractivity contribution is -0.161. The molecule has 2 unspecified atom stereocenters. The van der Waals surface area contributed by atoms with Gasteiger partial charge >= 0.3 is 11.9 Å². The van der Waals surface area contributed by atoms with E-state index in [1.165, 1.54) is 64.2 Å². The first-order valence-electron chi connectivity index (χ1n) is 17.5. The summed E-state index contributed by atoms with van der Waals surface area (Å²) in [5.74, 6) is 0.133. The number of aliphatic hydroxyl groups is 1. The second-order valence-electron chi connectivity index (χ2n) is 12.5. The minimum Gasteiger partial charge on any atom is -0.462 e. The van der Waals surface area contributed by atoms with Gasteiger partial charge in [0, 0.05) is 12.8 Å². The molecule has 0 saturated carbocycles. The summed E-state index contributed by atoms with van der Waals surface area (Å²) in [5, 5.41) is 9.50. The van der Waals surface area contributed by atoms with Crippen LogP contribution >= 0.6 is 0 Å². The quantitative estimate of drug-likeness (QED) is 0.0396. The van der Waals surface area contributed by atoms with Gasteiger partial charge in [0.25, 0.3) is 0 Å². The first kappa shape index (κ1) is 39.1. The molecule has 3 atom stereocenters. The van der Waals surface area contributed by atoms with E-state index < -0.39 is 6.10 Å². The van der Waals surface area contributed by atoms with Crippen LogP contribution in [0.5, 0.6) is 0 Å². The van der Waals surface area contributed by atoms with Gasteiger partial charge in [0.15, 0.2) is 6.10 Å². The Morgan fingerprint density at radius 1 is 0.744 bits per heavy atom. The van der Waals surface area contributed by atoms with Crippen LogP contribution in [0.15, 0.2) is 36.5 Å². The van der Waals surface area contributed by atoms with Crippen molar-refractivity contribution < 1.29 is 28.9 Å². The van der Waals surface area contributed by atoms with Gasteiger partial charge in [-0.1, -0.05) is 128 Å². The number of epoxide rings is 1. The van der Waals surface area contributed by atoms with E-state index >= 15 is 0 Å². The average molecular weight is 605 g/mol. The van der Waals surface area contributed by atoms with Crippen LogP contribution in [-0.4, -0.2) is 48.6 Å². The zero-order valence-electron chi connectivity index (χ0n) is 27.8. The Morgan fingerprint density at radius 3 is 2.05 bits per heavy atom. The van der Waals surface area contributed by atoms with Crippen LogP contribution in [0, 0.1) is 5.92 Å². The van der Waals surface area contributed by atoms with Crippen LogP contribution in [0.2, 0.25) is 0 Å². The van der Waals surface area contributed by atoms with E-state index in [4.69, 9.17) is 14.2 Å². The monoisotopic (exact) mass is 604 g/mol. The van der Waals surface area contributed by atoms with Crippen molar-refractivity contribution in [3.63, 3.8) is 0 Å². The Balaban J connectivity index is 1.95. The van der Waals surface area contributed by atoms with Crippen LogP contribution in [0.1, 0.15) is 149 Å².